The van der Waals surface area contributed by atoms with Crippen molar-refractivity contribution in [3.8, 4) is 0 Å². The first-order valence-corrected chi connectivity index (χ1v) is 1.79. The molecule has 0 fully saturated rings. The van der Waals surface area contributed by atoms with E-state index in [1.165, 1.54) is 0 Å². The van der Waals surface area contributed by atoms with Gasteiger partial charge in [0.2, 0.25) is 0 Å². The summed E-state index contributed by atoms with van der Waals surface area (Å²) in [6, 6.07) is 0. The molecule has 17 valence electrons. The molecule has 0 N–H and O–H groups in total. The zero-order valence-electron chi connectivity index (χ0n) is 2.06. The molecular weight excluding hydrogens is 340 g/mol. The molecule has 0 saturated heterocycles. The van der Waals surface area contributed by atoms with E-state index < -0.39 is 0 Å². The van der Waals surface area contributed by atoms with Gasteiger partial charge in [-0.2, -0.15) is 0 Å². The zero-order chi connectivity index (χ0) is 2.00. The van der Waals surface area contributed by atoms with E-state index in [-0.39, 0.29) is 71.2 Å². The van der Waals surface area contributed by atoms with Gasteiger partial charge in [-0.25, -0.2) is 0 Å². The number of hydrogen-bond acceptors (Lipinski definition) is 1. The Kier molecular flexibility index (Phi) is 76.9. The first-order chi connectivity index (χ1) is 1.00. The monoisotopic (exact) mass is 341 g/mol. The average molecular weight is 340 g/mol. The summed E-state index contributed by atoms with van der Waals surface area (Å²) in [6.45, 7) is 0. The first kappa shape index (κ1) is 16.3. The normalized spacial score (nSPS) is 1.00. The third kappa shape index (κ3) is 8.87. The SMILES string of the molecule is [Mg].[Nb].[O]=[Pb]. The second-order valence-corrected chi connectivity index (χ2v) is 0. The van der Waals surface area contributed by atoms with E-state index in [4.69, 9.17) is 2.69 Å². The van der Waals surface area contributed by atoms with Crippen LogP contribution in [0.15, 0.2) is 0 Å². The molecule has 0 aromatic rings. The fourth-order valence-corrected chi connectivity index (χ4v) is 0. The Hall–Kier alpha value is 2.23. The van der Waals surface area contributed by atoms with Crippen molar-refractivity contribution in [1.29, 1.82) is 0 Å². The molecule has 4 heavy (non-hydrogen) atoms. The van der Waals surface area contributed by atoms with E-state index in [0.29, 0.717) is 0 Å². The molecule has 0 aromatic heterocycles. The maximum absolute atomic E-state index is 8.39. The summed E-state index contributed by atoms with van der Waals surface area (Å²) in [5.41, 5.74) is 0. The standard InChI is InChI=1S/Mg.Nb.O.Pb. The van der Waals surface area contributed by atoms with Crippen LogP contribution in [0.5, 0.6) is 0 Å². The summed E-state index contributed by atoms with van der Waals surface area (Å²) < 4.78 is 8.39. The molecule has 0 aliphatic carbocycles. The molecular formula is MgNbOPb. The molecule has 4 heteroatoms. The van der Waals surface area contributed by atoms with Gasteiger partial charge in [-0.15, -0.1) is 0 Å². The Bertz CT molecular complexity index is 8.00. The van der Waals surface area contributed by atoms with Crippen LogP contribution in [-0.2, 0) is 25.1 Å². The van der Waals surface area contributed by atoms with Crippen LogP contribution in [0, 0.1) is 0 Å². The van der Waals surface area contributed by atoms with Crippen molar-refractivity contribution < 1.29 is 25.1 Å². The number of hydrogen-bond donors (Lipinski definition) is 0. The molecule has 0 spiro atoms. The quantitative estimate of drug-likeness (QED) is 0.524. The predicted octanol–water partition coefficient (Wildman–Crippen LogP) is -0.883. The van der Waals surface area contributed by atoms with Crippen molar-refractivity contribution in [3.63, 3.8) is 0 Å². The molecule has 0 amide bonds. The van der Waals surface area contributed by atoms with Gasteiger partial charge < -0.3 is 0 Å². The molecule has 0 saturated carbocycles. The van der Waals surface area contributed by atoms with Crippen molar-refractivity contribution in [2.75, 3.05) is 0 Å². The van der Waals surface area contributed by atoms with Crippen LogP contribution in [-0.4, -0.2) is 48.8 Å². The van der Waals surface area contributed by atoms with Crippen LogP contribution in [0.1, 0.15) is 0 Å². The first-order valence-electron chi connectivity index (χ1n) is 0.204. The van der Waals surface area contributed by atoms with Crippen LogP contribution < -0.4 is 0 Å². The van der Waals surface area contributed by atoms with Gasteiger partial charge in [0.25, 0.3) is 0 Å². The Morgan fingerprint density at radius 2 is 1.25 bits per heavy atom. The molecule has 0 aliphatic heterocycles. The zero-order valence-corrected chi connectivity index (χ0v) is 9.56. The van der Waals surface area contributed by atoms with Gasteiger partial charge in [0.1, 0.15) is 0 Å². The van der Waals surface area contributed by atoms with Crippen molar-refractivity contribution in [2.45, 2.75) is 0 Å². The van der Waals surface area contributed by atoms with Crippen LogP contribution in [0.2, 0.25) is 0 Å². The third-order valence-corrected chi connectivity index (χ3v) is 0. The van der Waals surface area contributed by atoms with Gasteiger partial charge in [-0.05, 0) is 0 Å². The van der Waals surface area contributed by atoms with Crippen LogP contribution in [0.25, 0.3) is 0 Å². The van der Waals surface area contributed by atoms with E-state index in [2.05, 4.69) is 0 Å². The summed E-state index contributed by atoms with van der Waals surface area (Å²) >= 11 is 0.0556. The summed E-state index contributed by atoms with van der Waals surface area (Å²) in [4.78, 5) is 0. The molecule has 0 heterocycles. The third-order valence-electron chi connectivity index (χ3n) is 0. The summed E-state index contributed by atoms with van der Waals surface area (Å²) in [6.07, 6.45) is 0. The van der Waals surface area contributed by atoms with Crippen molar-refractivity contribution in [3.05, 3.63) is 0 Å². The van der Waals surface area contributed by atoms with Crippen molar-refractivity contribution in [1.82, 2.24) is 0 Å². The Morgan fingerprint density at radius 3 is 1.25 bits per heavy atom. The minimum absolute atomic E-state index is 0. The minimum atomic E-state index is 0. The fourth-order valence-electron chi connectivity index (χ4n) is 0. The van der Waals surface area contributed by atoms with E-state index in [9.17, 15) is 0 Å². The van der Waals surface area contributed by atoms with Gasteiger partial charge >= 0.3 is 28.5 Å². The Labute approximate surface area is 72.7 Å². The molecule has 0 aromatic carbocycles. The topological polar surface area (TPSA) is 17.1 Å². The molecule has 0 unspecified atom stereocenters. The molecule has 0 rings (SSSR count). The maximum atomic E-state index is 8.39. The summed E-state index contributed by atoms with van der Waals surface area (Å²) in [5, 5.41) is 0. The van der Waals surface area contributed by atoms with E-state index in [0.717, 1.165) is 0 Å². The van der Waals surface area contributed by atoms with E-state index >= 15 is 0 Å². The van der Waals surface area contributed by atoms with Crippen LogP contribution in [0.4, 0.5) is 0 Å². The molecule has 5 radical (unpaired) electrons. The Morgan fingerprint density at radius 1 is 1.25 bits per heavy atom. The average Bonchev–Trinajstić information content (AvgIpc) is 1.00. The summed E-state index contributed by atoms with van der Waals surface area (Å²) in [5.74, 6) is 0. The second kappa shape index (κ2) is 18.8. The van der Waals surface area contributed by atoms with E-state index in [1.54, 1.807) is 0 Å². The van der Waals surface area contributed by atoms with Crippen LogP contribution in [0.3, 0.4) is 0 Å². The molecule has 0 bridgehead atoms. The predicted molar refractivity (Wildman–Crippen MR) is 12.2 cm³/mol. The molecule has 0 atom stereocenters. The van der Waals surface area contributed by atoms with Gasteiger partial charge in [0, 0.05) is 45.4 Å². The molecule has 1 nitrogen and oxygen atoms in total. The second-order valence-electron chi connectivity index (χ2n) is 0. The number of rotatable bonds is 0. The Balaban J connectivity index is -0.00000000500. The van der Waals surface area contributed by atoms with Gasteiger partial charge in [-0.1, -0.05) is 0 Å². The van der Waals surface area contributed by atoms with Gasteiger partial charge in [0.15, 0.2) is 0 Å². The molecule has 0 aliphatic rings. The fraction of sp³-hybridized carbons (Fsp3) is 0. The van der Waals surface area contributed by atoms with Crippen molar-refractivity contribution in [2.24, 2.45) is 0 Å². The van der Waals surface area contributed by atoms with Gasteiger partial charge in [0.05, 0.1) is 0 Å². The van der Waals surface area contributed by atoms with Crippen LogP contribution >= 0.6 is 0 Å². The summed E-state index contributed by atoms with van der Waals surface area (Å²) in [7, 11) is 0. The van der Waals surface area contributed by atoms with E-state index in [1.807, 2.05) is 0 Å². The van der Waals surface area contributed by atoms with Crippen molar-refractivity contribution >= 4 is 48.8 Å². The van der Waals surface area contributed by atoms with Gasteiger partial charge in [-0.3, -0.25) is 0 Å².